The summed E-state index contributed by atoms with van der Waals surface area (Å²) in [5, 5.41) is 3.40. The van der Waals surface area contributed by atoms with Crippen LogP contribution in [0.4, 0.5) is 0 Å². The van der Waals surface area contributed by atoms with E-state index >= 15 is 0 Å². The van der Waals surface area contributed by atoms with Crippen molar-refractivity contribution in [1.82, 2.24) is 10.2 Å². The van der Waals surface area contributed by atoms with Crippen molar-refractivity contribution in [2.24, 2.45) is 5.92 Å². The predicted molar refractivity (Wildman–Crippen MR) is 82.1 cm³/mol. The second-order valence-electron chi connectivity index (χ2n) is 5.73. The molecule has 1 aromatic rings. The van der Waals surface area contributed by atoms with Crippen molar-refractivity contribution >= 4 is 0 Å². The van der Waals surface area contributed by atoms with E-state index in [1.807, 2.05) is 0 Å². The van der Waals surface area contributed by atoms with Gasteiger partial charge in [-0.15, -0.1) is 0 Å². The second kappa shape index (κ2) is 7.66. The molecule has 2 nitrogen and oxygen atoms in total. The summed E-state index contributed by atoms with van der Waals surface area (Å²) in [7, 11) is 0. The molecule has 0 amide bonds. The fraction of sp³-hybridized carbons (Fsp3) is 0.647. The van der Waals surface area contributed by atoms with Crippen LogP contribution >= 0.6 is 0 Å². The van der Waals surface area contributed by atoms with Crippen molar-refractivity contribution in [3.63, 3.8) is 0 Å². The molecule has 1 saturated heterocycles. The zero-order valence-corrected chi connectivity index (χ0v) is 12.5. The Bertz CT molecular complexity index is 367. The molecule has 0 unspecified atom stereocenters. The number of rotatable bonds is 6. The molecule has 1 fully saturated rings. The van der Waals surface area contributed by atoms with Gasteiger partial charge in [0.1, 0.15) is 0 Å². The Hall–Kier alpha value is -0.860. The molecule has 106 valence electrons. The molecule has 0 atom stereocenters. The minimum absolute atomic E-state index is 0.969. The average Bonchev–Trinajstić information content (AvgIpc) is 2.46. The van der Waals surface area contributed by atoms with Crippen LogP contribution in [0.2, 0.25) is 0 Å². The van der Waals surface area contributed by atoms with Crippen LogP contribution in [-0.4, -0.2) is 24.5 Å². The molecule has 0 aliphatic carbocycles. The van der Waals surface area contributed by atoms with E-state index in [4.69, 9.17) is 0 Å². The van der Waals surface area contributed by atoms with Gasteiger partial charge in [0.2, 0.25) is 0 Å². The van der Waals surface area contributed by atoms with Gasteiger partial charge in [-0.05, 0) is 49.5 Å². The maximum absolute atomic E-state index is 3.40. The van der Waals surface area contributed by atoms with Gasteiger partial charge >= 0.3 is 0 Å². The maximum atomic E-state index is 3.40. The minimum atomic E-state index is 0.969. The lowest BCUT2D eigenvalue weighted by atomic mass is 9.94. The smallest absolute Gasteiger partial charge is 0.0233 e. The molecule has 2 heteroatoms. The summed E-state index contributed by atoms with van der Waals surface area (Å²) in [5.41, 5.74) is 2.87. The quantitative estimate of drug-likeness (QED) is 0.843. The molecule has 19 heavy (non-hydrogen) atoms. The monoisotopic (exact) mass is 260 g/mol. The molecule has 0 spiro atoms. The fourth-order valence-corrected chi connectivity index (χ4v) is 2.92. The third-order valence-electron chi connectivity index (χ3n) is 4.26. The second-order valence-corrected chi connectivity index (χ2v) is 5.73. The molecule has 0 radical (unpaired) electrons. The zero-order chi connectivity index (χ0) is 13.5. The molecule has 1 N–H and O–H groups in total. The summed E-state index contributed by atoms with van der Waals surface area (Å²) >= 11 is 0. The first-order valence-corrected chi connectivity index (χ1v) is 7.82. The van der Waals surface area contributed by atoms with Gasteiger partial charge in [-0.25, -0.2) is 0 Å². The van der Waals surface area contributed by atoms with Crippen molar-refractivity contribution < 1.29 is 0 Å². The van der Waals surface area contributed by atoms with Gasteiger partial charge < -0.3 is 5.32 Å². The summed E-state index contributed by atoms with van der Waals surface area (Å²) in [6, 6.07) is 9.03. The van der Waals surface area contributed by atoms with Gasteiger partial charge in [-0.3, -0.25) is 4.90 Å². The van der Waals surface area contributed by atoms with Gasteiger partial charge in [0.15, 0.2) is 0 Å². The maximum Gasteiger partial charge on any atom is 0.0233 e. The average molecular weight is 260 g/mol. The van der Waals surface area contributed by atoms with Crippen LogP contribution < -0.4 is 5.32 Å². The lowest BCUT2D eigenvalue weighted by Crippen LogP contribution is -2.33. The Labute approximate surface area is 118 Å². The number of benzene rings is 1. The lowest BCUT2D eigenvalue weighted by molar-refractivity contribution is 0.175. The SMILES string of the molecule is CCNCc1cccc(CN2CCC(CC)CC2)c1. The number of nitrogens with zero attached hydrogens (tertiary/aromatic N) is 1. The summed E-state index contributed by atoms with van der Waals surface area (Å²) in [6.07, 6.45) is 4.12. The third kappa shape index (κ3) is 4.63. The van der Waals surface area contributed by atoms with Crippen LogP contribution in [-0.2, 0) is 13.1 Å². The van der Waals surface area contributed by atoms with Crippen LogP contribution in [0, 0.1) is 5.92 Å². The first kappa shape index (κ1) is 14.5. The van der Waals surface area contributed by atoms with E-state index < -0.39 is 0 Å². The van der Waals surface area contributed by atoms with Gasteiger partial charge in [-0.1, -0.05) is 44.5 Å². The number of piperidine rings is 1. The molecule has 0 aromatic heterocycles. The van der Waals surface area contributed by atoms with Crippen LogP contribution in [0.1, 0.15) is 44.2 Å². The van der Waals surface area contributed by atoms with E-state index in [0.717, 1.165) is 25.6 Å². The molecular formula is C17H28N2. The Morgan fingerprint density at radius 1 is 1.16 bits per heavy atom. The van der Waals surface area contributed by atoms with Gasteiger partial charge in [-0.2, -0.15) is 0 Å². The zero-order valence-electron chi connectivity index (χ0n) is 12.5. The van der Waals surface area contributed by atoms with Crippen LogP contribution in [0.15, 0.2) is 24.3 Å². The predicted octanol–water partition coefficient (Wildman–Crippen LogP) is 3.42. The largest absolute Gasteiger partial charge is 0.313 e. The van der Waals surface area contributed by atoms with E-state index in [1.165, 1.54) is 43.5 Å². The summed E-state index contributed by atoms with van der Waals surface area (Å²) < 4.78 is 0. The highest BCUT2D eigenvalue weighted by molar-refractivity contribution is 5.23. The molecule has 0 bridgehead atoms. The molecule has 2 rings (SSSR count). The highest BCUT2D eigenvalue weighted by Crippen LogP contribution is 2.21. The van der Waals surface area contributed by atoms with Crippen LogP contribution in [0.5, 0.6) is 0 Å². The third-order valence-corrected chi connectivity index (χ3v) is 4.26. The molecule has 1 aromatic carbocycles. The molecule has 1 heterocycles. The molecule has 1 aliphatic heterocycles. The van der Waals surface area contributed by atoms with Gasteiger partial charge in [0, 0.05) is 13.1 Å². The topological polar surface area (TPSA) is 15.3 Å². The Balaban J connectivity index is 1.85. The van der Waals surface area contributed by atoms with Crippen molar-refractivity contribution in [3.8, 4) is 0 Å². The minimum Gasteiger partial charge on any atom is -0.313 e. The Morgan fingerprint density at radius 2 is 1.89 bits per heavy atom. The fourth-order valence-electron chi connectivity index (χ4n) is 2.92. The molecular weight excluding hydrogens is 232 g/mol. The van der Waals surface area contributed by atoms with Gasteiger partial charge in [0.05, 0.1) is 0 Å². The van der Waals surface area contributed by atoms with Crippen LogP contribution in [0.3, 0.4) is 0 Å². The van der Waals surface area contributed by atoms with E-state index in [1.54, 1.807) is 0 Å². The van der Waals surface area contributed by atoms with E-state index in [0.29, 0.717) is 0 Å². The van der Waals surface area contributed by atoms with Crippen molar-refractivity contribution in [1.29, 1.82) is 0 Å². The number of nitrogens with one attached hydrogen (secondary N) is 1. The number of hydrogen-bond donors (Lipinski definition) is 1. The van der Waals surface area contributed by atoms with Crippen molar-refractivity contribution in [2.75, 3.05) is 19.6 Å². The lowest BCUT2D eigenvalue weighted by Gasteiger charge is -2.31. The summed E-state index contributed by atoms with van der Waals surface area (Å²) in [6.45, 7) is 10.2. The van der Waals surface area contributed by atoms with E-state index in [2.05, 4.69) is 48.3 Å². The highest BCUT2D eigenvalue weighted by atomic mass is 15.1. The summed E-state index contributed by atoms with van der Waals surface area (Å²) in [4.78, 5) is 2.61. The van der Waals surface area contributed by atoms with Crippen molar-refractivity contribution in [2.45, 2.75) is 46.2 Å². The Kier molecular flexibility index (Phi) is 5.87. The van der Waals surface area contributed by atoms with E-state index in [9.17, 15) is 0 Å². The first-order valence-electron chi connectivity index (χ1n) is 7.82. The normalized spacial score (nSPS) is 17.8. The Morgan fingerprint density at radius 3 is 2.58 bits per heavy atom. The van der Waals surface area contributed by atoms with E-state index in [-0.39, 0.29) is 0 Å². The van der Waals surface area contributed by atoms with Crippen molar-refractivity contribution in [3.05, 3.63) is 35.4 Å². The standard InChI is InChI=1S/C17H28N2/c1-3-15-8-10-19(11-9-15)14-17-7-5-6-16(12-17)13-18-4-2/h5-7,12,15,18H,3-4,8-11,13-14H2,1-2H3. The molecule has 0 saturated carbocycles. The number of likely N-dealkylation sites (tertiary alicyclic amines) is 1. The molecule has 1 aliphatic rings. The van der Waals surface area contributed by atoms with Gasteiger partial charge in [0.25, 0.3) is 0 Å². The first-order chi connectivity index (χ1) is 9.31. The van der Waals surface area contributed by atoms with Crippen LogP contribution in [0.25, 0.3) is 0 Å². The highest BCUT2D eigenvalue weighted by Gasteiger charge is 2.17. The summed E-state index contributed by atoms with van der Waals surface area (Å²) in [5.74, 6) is 0.969. The number of hydrogen-bond acceptors (Lipinski definition) is 2.